The van der Waals surface area contributed by atoms with Gasteiger partial charge < -0.3 is 20.8 Å². The van der Waals surface area contributed by atoms with Gasteiger partial charge in [0.1, 0.15) is 11.6 Å². The van der Waals surface area contributed by atoms with E-state index in [9.17, 15) is 19.0 Å². The monoisotopic (exact) mass is 418 g/mol. The van der Waals surface area contributed by atoms with Gasteiger partial charge in [-0.2, -0.15) is 0 Å². The highest BCUT2D eigenvalue weighted by molar-refractivity contribution is 5.23. The van der Waals surface area contributed by atoms with Gasteiger partial charge in [-0.15, -0.1) is 0 Å². The van der Waals surface area contributed by atoms with Gasteiger partial charge in [-0.3, -0.25) is 0 Å². The highest BCUT2D eigenvalue weighted by Crippen LogP contribution is 2.30. The lowest BCUT2D eigenvalue weighted by molar-refractivity contribution is 0.179. The molecule has 0 spiro atoms. The Balaban J connectivity index is 0.000000171. The third-order valence-electron chi connectivity index (χ3n) is 6.28. The van der Waals surface area contributed by atoms with E-state index in [2.05, 4.69) is 10.6 Å². The molecular formula is C24H32F2N2O2. The van der Waals surface area contributed by atoms with E-state index in [1.165, 1.54) is 24.3 Å². The third-order valence-corrected chi connectivity index (χ3v) is 6.28. The van der Waals surface area contributed by atoms with E-state index in [1.54, 1.807) is 0 Å². The molecule has 2 aromatic rings. The van der Waals surface area contributed by atoms with E-state index in [4.69, 9.17) is 0 Å². The molecule has 4 nitrogen and oxygen atoms in total. The van der Waals surface area contributed by atoms with Crippen molar-refractivity contribution in [2.24, 2.45) is 11.8 Å². The summed E-state index contributed by atoms with van der Waals surface area (Å²) in [6.45, 7) is 4.01. The molecule has 2 aliphatic heterocycles. The summed E-state index contributed by atoms with van der Waals surface area (Å²) in [5, 5.41) is 25.1. The lowest BCUT2D eigenvalue weighted by Crippen LogP contribution is -2.37. The first-order valence-corrected chi connectivity index (χ1v) is 10.8. The van der Waals surface area contributed by atoms with Gasteiger partial charge in [-0.25, -0.2) is 8.78 Å². The molecule has 4 atom stereocenters. The number of hydrogen-bond donors (Lipinski definition) is 4. The van der Waals surface area contributed by atoms with Gasteiger partial charge in [-0.05, 0) is 73.2 Å². The summed E-state index contributed by atoms with van der Waals surface area (Å²) >= 11 is 0. The third kappa shape index (κ3) is 6.08. The second-order valence-corrected chi connectivity index (χ2v) is 8.19. The van der Waals surface area contributed by atoms with Crippen LogP contribution in [0.1, 0.15) is 35.8 Å². The molecular weight excluding hydrogens is 386 g/mol. The Morgan fingerprint density at radius 1 is 0.667 bits per heavy atom. The Kier molecular flexibility index (Phi) is 8.75. The summed E-state index contributed by atoms with van der Waals surface area (Å²) in [5.41, 5.74) is 2.27. The zero-order valence-electron chi connectivity index (χ0n) is 17.2. The first-order valence-electron chi connectivity index (χ1n) is 10.8. The molecule has 4 rings (SSSR count). The molecule has 0 bridgehead atoms. The maximum absolute atomic E-state index is 12.8. The van der Waals surface area contributed by atoms with Gasteiger partial charge in [-0.1, -0.05) is 24.3 Å². The Bertz CT molecular complexity index is 689. The first-order chi connectivity index (χ1) is 14.6. The Hall–Kier alpha value is -1.86. The number of piperidine rings is 2. The number of rotatable bonds is 4. The largest absolute Gasteiger partial charge is 0.396 e. The number of aliphatic hydroxyl groups excluding tert-OH is 2. The van der Waals surface area contributed by atoms with Crippen molar-refractivity contribution in [1.29, 1.82) is 0 Å². The van der Waals surface area contributed by atoms with Crippen LogP contribution >= 0.6 is 0 Å². The molecule has 2 aromatic carbocycles. The van der Waals surface area contributed by atoms with Crippen LogP contribution in [0.25, 0.3) is 0 Å². The lowest BCUT2D eigenvalue weighted by Gasteiger charge is -2.31. The fourth-order valence-corrected chi connectivity index (χ4v) is 4.53. The van der Waals surface area contributed by atoms with E-state index in [-0.39, 0.29) is 36.7 Å². The SMILES string of the molecule is OC[C@@H]1CNCC[C@H]1c1ccc(F)cc1.OC[C@H]1CNCC[C@@H]1c1ccc(F)cc1. The molecule has 0 amide bonds. The van der Waals surface area contributed by atoms with Gasteiger partial charge in [0.05, 0.1) is 0 Å². The minimum atomic E-state index is -0.201. The van der Waals surface area contributed by atoms with E-state index in [0.29, 0.717) is 11.8 Å². The van der Waals surface area contributed by atoms with Gasteiger partial charge in [0, 0.05) is 38.1 Å². The molecule has 164 valence electrons. The summed E-state index contributed by atoms with van der Waals surface area (Å²) in [5.74, 6) is 0.823. The van der Waals surface area contributed by atoms with Crippen LogP contribution in [0.5, 0.6) is 0 Å². The van der Waals surface area contributed by atoms with Crippen molar-refractivity contribution >= 4 is 0 Å². The van der Waals surface area contributed by atoms with Gasteiger partial charge >= 0.3 is 0 Å². The standard InChI is InChI=1S/2C12H16FNO/c2*13-11-3-1-9(2-4-11)12-5-6-14-7-10(12)8-15/h2*1-4,10,12,14-15H,5-8H2/t2*10-,12-/m10/s1. The molecule has 0 aliphatic carbocycles. The van der Waals surface area contributed by atoms with Gasteiger partial charge in [0.2, 0.25) is 0 Å². The number of hydrogen-bond acceptors (Lipinski definition) is 4. The predicted molar refractivity (Wildman–Crippen MR) is 114 cm³/mol. The second-order valence-electron chi connectivity index (χ2n) is 8.19. The van der Waals surface area contributed by atoms with Crippen LogP contribution in [0.3, 0.4) is 0 Å². The molecule has 2 fully saturated rings. The highest BCUT2D eigenvalue weighted by atomic mass is 19.1. The Morgan fingerprint density at radius 2 is 1.03 bits per heavy atom. The minimum absolute atomic E-state index is 0.190. The summed E-state index contributed by atoms with van der Waals surface area (Å²) in [4.78, 5) is 0. The number of aliphatic hydroxyl groups is 2. The van der Waals surface area contributed by atoms with Crippen LogP contribution in [0, 0.1) is 23.5 Å². The second kappa shape index (κ2) is 11.5. The Labute approximate surface area is 177 Å². The topological polar surface area (TPSA) is 64.5 Å². The molecule has 4 N–H and O–H groups in total. The number of nitrogens with one attached hydrogen (secondary N) is 2. The van der Waals surface area contributed by atoms with Crippen molar-refractivity contribution in [2.75, 3.05) is 39.4 Å². The predicted octanol–water partition coefficient (Wildman–Crippen LogP) is 3.02. The van der Waals surface area contributed by atoms with Crippen molar-refractivity contribution in [3.8, 4) is 0 Å². The lowest BCUT2D eigenvalue weighted by atomic mass is 9.82. The fourth-order valence-electron chi connectivity index (χ4n) is 4.53. The van der Waals surface area contributed by atoms with Crippen molar-refractivity contribution < 1.29 is 19.0 Å². The van der Waals surface area contributed by atoms with Crippen LogP contribution in [0.4, 0.5) is 8.78 Å². The molecule has 2 saturated heterocycles. The van der Waals surface area contributed by atoms with Crippen molar-refractivity contribution in [3.63, 3.8) is 0 Å². The maximum atomic E-state index is 12.8. The minimum Gasteiger partial charge on any atom is -0.396 e. The molecule has 6 heteroatoms. The van der Waals surface area contributed by atoms with Gasteiger partial charge in [0.25, 0.3) is 0 Å². The highest BCUT2D eigenvalue weighted by Gasteiger charge is 2.26. The van der Waals surface area contributed by atoms with Gasteiger partial charge in [0.15, 0.2) is 0 Å². The zero-order valence-corrected chi connectivity index (χ0v) is 17.2. The molecule has 0 saturated carbocycles. The summed E-state index contributed by atoms with van der Waals surface area (Å²) in [6, 6.07) is 13.3. The van der Waals surface area contributed by atoms with Crippen molar-refractivity contribution in [2.45, 2.75) is 24.7 Å². The molecule has 0 unspecified atom stereocenters. The first kappa shape index (κ1) is 22.8. The molecule has 0 aromatic heterocycles. The summed E-state index contributed by atoms with van der Waals surface area (Å²) < 4.78 is 25.5. The Morgan fingerprint density at radius 3 is 1.37 bits per heavy atom. The maximum Gasteiger partial charge on any atom is 0.123 e. The van der Waals surface area contributed by atoms with E-state index in [1.807, 2.05) is 24.3 Å². The van der Waals surface area contributed by atoms with Crippen LogP contribution in [0.2, 0.25) is 0 Å². The van der Waals surface area contributed by atoms with E-state index in [0.717, 1.165) is 50.1 Å². The quantitative estimate of drug-likeness (QED) is 0.616. The smallest absolute Gasteiger partial charge is 0.123 e. The average molecular weight is 419 g/mol. The van der Waals surface area contributed by atoms with Crippen LogP contribution in [0.15, 0.2) is 48.5 Å². The zero-order chi connectivity index (χ0) is 21.3. The van der Waals surface area contributed by atoms with Crippen LogP contribution in [-0.4, -0.2) is 49.6 Å². The molecule has 0 radical (unpaired) electrons. The number of halogens is 2. The van der Waals surface area contributed by atoms with E-state index < -0.39 is 0 Å². The molecule has 2 heterocycles. The molecule has 30 heavy (non-hydrogen) atoms. The van der Waals surface area contributed by atoms with Crippen LogP contribution in [-0.2, 0) is 0 Å². The summed E-state index contributed by atoms with van der Waals surface area (Å²) in [6.07, 6.45) is 2.02. The van der Waals surface area contributed by atoms with Crippen LogP contribution < -0.4 is 10.6 Å². The average Bonchev–Trinajstić information content (AvgIpc) is 2.80. The number of benzene rings is 2. The van der Waals surface area contributed by atoms with Crippen molar-refractivity contribution in [3.05, 3.63) is 71.3 Å². The fraction of sp³-hybridized carbons (Fsp3) is 0.500. The van der Waals surface area contributed by atoms with Crippen molar-refractivity contribution in [1.82, 2.24) is 10.6 Å². The summed E-state index contributed by atoms with van der Waals surface area (Å²) in [7, 11) is 0. The molecule has 2 aliphatic rings. The van der Waals surface area contributed by atoms with E-state index >= 15 is 0 Å². The normalized spacial score (nSPS) is 26.5.